The van der Waals surface area contributed by atoms with Crippen molar-refractivity contribution >= 4 is 28.4 Å². The fourth-order valence-electron chi connectivity index (χ4n) is 6.14. The molecule has 1 amide bonds. The number of nitrogen functional groups attached to an aromatic ring is 1. The van der Waals surface area contributed by atoms with E-state index in [4.69, 9.17) is 10.8 Å². The molecule has 9 heteroatoms. The number of hydrogen-bond donors (Lipinski definition) is 2. The molecule has 1 saturated carbocycles. The standard InChI is InChI=1S/C31H38N8O/c1-37-17-19-38(20-18-37)25-12-14-26(15-13-25)39-31-28(30(32)33-21-34-31)29(36-39)23-8-10-24(11-9-23)35-27(40)16-7-22-5-3-2-4-6-22/h2-6,8-11,21,25-26H,7,12-20H2,1H3,(H,35,40)(H2,32,33,34). The van der Waals surface area contributed by atoms with Gasteiger partial charge in [0, 0.05) is 49.9 Å². The molecule has 0 unspecified atom stereocenters. The maximum absolute atomic E-state index is 12.5. The van der Waals surface area contributed by atoms with Gasteiger partial charge in [0.05, 0.1) is 11.4 Å². The van der Waals surface area contributed by atoms with Gasteiger partial charge < -0.3 is 16.0 Å². The minimum Gasteiger partial charge on any atom is -0.383 e. The summed E-state index contributed by atoms with van der Waals surface area (Å²) in [5.74, 6) is 0.437. The second kappa shape index (κ2) is 11.7. The Kier molecular flexibility index (Phi) is 7.75. The first-order valence-corrected chi connectivity index (χ1v) is 14.4. The summed E-state index contributed by atoms with van der Waals surface area (Å²) < 4.78 is 2.09. The second-order valence-electron chi connectivity index (χ2n) is 11.2. The zero-order chi connectivity index (χ0) is 27.5. The SMILES string of the molecule is CN1CCN(C2CCC(n3nc(-c4ccc(NC(=O)CCc5ccccc5)cc4)c4c(N)ncnc43)CC2)CC1. The molecule has 2 aliphatic rings. The maximum atomic E-state index is 12.5. The zero-order valence-corrected chi connectivity index (χ0v) is 23.2. The van der Waals surface area contributed by atoms with Gasteiger partial charge in [0.2, 0.25) is 5.91 Å². The molecule has 9 nitrogen and oxygen atoms in total. The fraction of sp³-hybridized carbons (Fsp3) is 0.419. The predicted molar refractivity (Wildman–Crippen MR) is 159 cm³/mol. The number of fused-ring (bicyclic) bond motifs is 1. The number of likely N-dealkylation sites (N-methyl/N-ethyl adjacent to an activating group) is 1. The molecular weight excluding hydrogens is 500 g/mol. The number of nitrogens with two attached hydrogens (primary N) is 1. The quantitative estimate of drug-likeness (QED) is 0.360. The van der Waals surface area contributed by atoms with Crippen LogP contribution < -0.4 is 11.1 Å². The molecule has 208 valence electrons. The van der Waals surface area contributed by atoms with Crippen LogP contribution in [0.3, 0.4) is 0 Å². The molecule has 1 aliphatic heterocycles. The van der Waals surface area contributed by atoms with Crippen LogP contribution in [0.2, 0.25) is 0 Å². The van der Waals surface area contributed by atoms with Crippen LogP contribution in [0.4, 0.5) is 11.5 Å². The summed E-state index contributed by atoms with van der Waals surface area (Å²) in [4.78, 5) is 26.5. The normalized spacial score (nSPS) is 20.5. The third kappa shape index (κ3) is 5.71. The van der Waals surface area contributed by atoms with Crippen molar-refractivity contribution in [1.82, 2.24) is 29.5 Å². The minimum atomic E-state index is -0.00356. The van der Waals surface area contributed by atoms with Gasteiger partial charge in [-0.3, -0.25) is 9.69 Å². The lowest BCUT2D eigenvalue weighted by Crippen LogP contribution is -2.49. The van der Waals surface area contributed by atoms with Crippen molar-refractivity contribution in [3.63, 3.8) is 0 Å². The fourth-order valence-corrected chi connectivity index (χ4v) is 6.14. The van der Waals surface area contributed by atoms with Gasteiger partial charge in [-0.2, -0.15) is 5.10 Å². The summed E-state index contributed by atoms with van der Waals surface area (Å²) in [6.07, 6.45) is 7.17. The van der Waals surface area contributed by atoms with Crippen molar-refractivity contribution in [2.45, 2.75) is 50.6 Å². The number of anilines is 2. The van der Waals surface area contributed by atoms with E-state index in [0.29, 0.717) is 24.7 Å². The summed E-state index contributed by atoms with van der Waals surface area (Å²) >= 11 is 0. The molecular formula is C31H38N8O. The predicted octanol–water partition coefficient (Wildman–Crippen LogP) is 4.38. The van der Waals surface area contributed by atoms with Crippen molar-refractivity contribution < 1.29 is 4.79 Å². The highest BCUT2D eigenvalue weighted by molar-refractivity contribution is 5.98. The molecule has 0 radical (unpaired) electrons. The van der Waals surface area contributed by atoms with Crippen LogP contribution in [-0.2, 0) is 11.2 Å². The number of carbonyl (C=O) groups excluding carboxylic acids is 1. The van der Waals surface area contributed by atoms with E-state index in [0.717, 1.165) is 72.6 Å². The van der Waals surface area contributed by atoms with Crippen LogP contribution in [0.5, 0.6) is 0 Å². The lowest BCUT2D eigenvalue weighted by atomic mass is 9.90. The van der Waals surface area contributed by atoms with Gasteiger partial charge in [-0.05, 0) is 56.8 Å². The van der Waals surface area contributed by atoms with E-state index in [2.05, 4.69) is 36.8 Å². The average molecular weight is 539 g/mol. The van der Waals surface area contributed by atoms with Crippen LogP contribution in [0, 0.1) is 0 Å². The number of carbonyl (C=O) groups is 1. The molecule has 0 spiro atoms. The lowest BCUT2D eigenvalue weighted by Gasteiger charge is -2.41. The first-order valence-electron chi connectivity index (χ1n) is 14.4. The molecule has 1 aliphatic carbocycles. The average Bonchev–Trinajstić information content (AvgIpc) is 3.39. The van der Waals surface area contributed by atoms with Crippen LogP contribution in [0.25, 0.3) is 22.3 Å². The Labute approximate surface area is 235 Å². The third-order valence-corrected chi connectivity index (χ3v) is 8.51. The summed E-state index contributed by atoms with van der Waals surface area (Å²) in [5, 5.41) is 8.88. The van der Waals surface area contributed by atoms with E-state index >= 15 is 0 Å². The number of benzene rings is 2. The van der Waals surface area contributed by atoms with Gasteiger partial charge in [0.25, 0.3) is 0 Å². The summed E-state index contributed by atoms with van der Waals surface area (Å²) in [6.45, 7) is 4.63. The van der Waals surface area contributed by atoms with Crippen LogP contribution in [-0.4, -0.2) is 74.7 Å². The maximum Gasteiger partial charge on any atom is 0.224 e. The highest BCUT2D eigenvalue weighted by Gasteiger charge is 2.30. The zero-order valence-electron chi connectivity index (χ0n) is 23.2. The lowest BCUT2D eigenvalue weighted by molar-refractivity contribution is -0.116. The largest absolute Gasteiger partial charge is 0.383 e. The van der Waals surface area contributed by atoms with Crippen LogP contribution in [0.1, 0.15) is 43.7 Å². The molecule has 3 heterocycles. The topological polar surface area (TPSA) is 105 Å². The van der Waals surface area contributed by atoms with Crippen molar-refractivity contribution in [2.24, 2.45) is 0 Å². The molecule has 2 fully saturated rings. The van der Waals surface area contributed by atoms with Crippen molar-refractivity contribution in [3.8, 4) is 11.3 Å². The Hall–Kier alpha value is -3.82. The number of nitrogens with zero attached hydrogens (tertiary/aromatic N) is 6. The van der Waals surface area contributed by atoms with Gasteiger partial charge in [-0.25, -0.2) is 14.6 Å². The summed E-state index contributed by atoms with van der Waals surface area (Å²) in [6, 6.07) is 18.8. The molecule has 3 N–H and O–H groups in total. The van der Waals surface area contributed by atoms with Crippen molar-refractivity contribution in [3.05, 3.63) is 66.5 Å². The van der Waals surface area contributed by atoms with Crippen LogP contribution in [0.15, 0.2) is 60.9 Å². The van der Waals surface area contributed by atoms with Gasteiger partial charge in [-0.1, -0.05) is 42.5 Å². The summed E-state index contributed by atoms with van der Waals surface area (Å²) in [7, 11) is 2.21. The molecule has 4 aromatic rings. The Morgan fingerprint density at radius 1 is 0.925 bits per heavy atom. The van der Waals surface area contributed by atoms with Gasteiger partial charge >= 0.3 is 0 Å². The summed E-state index contributed by atoms with van der Waals surface area (Å²) in [5.41, 5.74) is 10.8. The number of aryl methyl sites for hydroxylation is 1. The van der Waals surface area contributed by atoms with E-state index in [1.807, 2.05) is 54.6 Å². The Morgan fingerprint density at radius 2 is 1.62 bits per heavy atom. The molecule has 1 saturated heterocycles. The molecule has 40 heavy (non-hydrogen) atoms. The highest BCUT2D eigenvalue weighted by Crippen LogP contribution is 2.37. The molecule has 2 aromatic heterocycles. The first kappa shape index (κ1) is 26.4. The highest BCUT2D eigenvalue weighted by atomic mass is 16.1. The first-order chi connectivity index (χ1) is 19.5. The number of nitrogens with one attached hydrogen (secondary N) is 1. The smallest absolute Gasteiger partial charge is 0.224 e. The monoisotopic (exact) mass is 538 g/mol. The van der Waals surface area contributed by atoms with E-state index in [1.165, 1.54) is 19.2 Å². The van der Waals surface area contributed by atoms with Crippen molar-refractivity contribution in [1.29, 1.82) is 0 Å². The van der Waals surface area contributed by atoms with Gasteiger partial charge in [0.1, 0.15) is 17.8 Å². The molecule has 6 rings (SSSR count). The van der Waals surface area contributed by atoms with E-state index in [1.54, 1.807) is 0 Å². The number of aromatic nitrogens is 4. The number of amides is 1. The minimum absolute atomic E-state index is 0.00356. The van der Waals surface area contributed by atoms with E-state index in [-0.39, 0.29) is 11.9 Å². The number of rotatable bonds is 7. The molecule has 2 aromatic carbocycles. The molecule has 0 atom stereocenters. The van der Waals surface area contributed by atoms with E-state index < -0.39 is 0 Å². The van der Waals surface area contributed by atoms with Gasteiger partial charge in [0.15, 0.2) is 5.65 Å². The Balaban J connectivity index is 1.15. The van der Waals surface area contributed by atoms with Crippen molar-refractivity contribution in [2.75, 3.05) is 44.3 Å². The second-order valence-corrected chi connectivity index (χ2v) is 11.2. The molecule has 0 bridgehead atoms. The third-order valence-electron chi connectivity index (χ3n) is 8.51. The number of hydrogen-bond acceptors (Lipinski definition) is 7. The van der Waals surface area contributed by atoms with Gasteiger partial charge in [-0.15, -0.1) is 0 Å². The Bertz CT molecular complexity index is 1440. The Morgan fingerprint density at radius 3 is 2.35 bits per heavy atom. The van der Waals surface area contributed by atoms with E-state index in [9.17, 15) is 4.79 Å². The number of piperazine rings is 1. The van der Waals surface area contributed by atoms with Crippen LogP contribution >= 0.6 is 0 Å².